The minimum Gasteiger partial charge on any atom is -0.478 e. The number of hydrogen-bond acceptors (Lipinski definition) is 4. The average molecular weight is 291 g/mol. The first-order valence-corrected chi connectivity index (χ1v) is 6.05. The highest BCUT2D eigenvalue weighted by molar-refractivity contribution is 5.93. The van der Waals surface area contributed by atoms with Crippen molar-refractivity contribution in [3.8, 4) is 0 Å². The second-order valence-electron chi connectivity index (χ2n) is 4.64. The van der Waals surface area contributed by atoms with Crippen LogP contribution in [0.15, 0.2) is 35.5 Å². The minimum absolute atomic E-state index is 0.0161. The fourth-order valence-electron chi connectivity index (χ4n) is 2.31. The van der Waals surface area contributed by atoms with E-state index in [2.05, 4.69) is 5.32 Å². The summed E-state index contributed by atoms with van der Waals surface area (Å²) >= 11 is 0. The van der Waals surface area contributed by atoms with Crippen LogP contribution < -0.4 is 5.32 Å². The molecule has 2 amide bonds. The standard InChI is InChI=1S/C13H13N3O5/c1-7-10(12(17)18)11(15(2)13(19)14-7)8-4-3-5-9(6-8)16(20)21/h3-6,11H,1-2H3,(H,14,19)(H,17,18). The Morgan fingerprint density at radius 1 is 1.48 bits per heavy atom. The Kier molecular flexibility index (Phi) is 3.62. The Morgan fingerprint density at radius 2 is 2.14 bits per heavy atom. The summed E-state index contributed by atoms with van der Waals surface area (Å²) in [5.74, 6) is -1.18. The maximum absolute atomic E-state index is 11.8. The number of hydrogen-bond donors (Lipinski definition) is 2. The molecular formula is C13H13N3O5. The monoisotopic (exact) mass is 291 g/mol. The molecule has 1 aliphatic heterocycles. The topological polar surface area (TPSA) is 113 Å². The number of carbonyl (C=O) groups is 2. The smallest absolute Gasteiger partial charge is 0.335 e. The number of allylic oxidation sites excluding steroid dienone is 1. The largest absolute Gasteiger partial charge is 0.478 e. The van der Waals surface area contributed by atoms with Crippen molar-refractivity contribution in [1.82, 2.24) is 10.2 Å². The first-order chi connectivity index (χ1) is 9.82. The SMILES string of the molecule is CC1=C(C(=O)O)C(c2cccc([N+](=O)[O-])c2)N(C)C(=O)N1. The number of carboxylic acid groups (broad SMARTS) is 1. The molecule has 0 radical (unpaired) electrons. The van der Waals surface area contributed by atoms with E-state index in [4.69, 9.17) is 0 Å². The zero-order valence-corrected chi connectivity index (χ0v) is 11.4. The molecule has 110 valence electrons. The molecule has 1 aromatic carbocycles. The molecule has 8 heteroatoms. The molecule has 0 aromatic heterocycles. The van der Waals surface area contributed by atoms with E-state index in [1.165, 1.54) is 37.1 Å². The molecule has 2 N–H and O–H groups in total. The van der Waals surface area contributed by atoms with Crippen molar-refractivity contribution in [1.29, 1.82) is 0 Å². The van der Waals surface area contributed by atoms with Gasteiger partial charge in [0.1, 0.15) is 0 Å². The van der Waals surface area contributed by atoms with Crippen molar-refractivity contribution in [2.75, 3.05) is 7.05 Å². The number of non-ortho nitro benzene ring substituents is 1. The Balaban J connectivity index is 2.60. The molecule has 2 rings (SSSR count). The van der Waals surface area contributed by atoms with E-state index >= 15 is 0 Å². The highest BCUT2D eigenvalue weighted by Gasteiger charge is 2.36. The molecule has 8 nitrogen and oxygen atoms in total. The van der Waals surface area contributed by atoms with Crippen LogP contribution in [0, 0.1) is 10.1 Å². The lowest BCUT2D eigenvalue weighted by atomic mass is 9.94. The number of carboxylic acids is 1. The maximum atomic E-state index is 11.8. The van der Waals surface area contributed by atoms with Crippen molar-refractivity contribution < 1.29 is 19.6 Å². The Morgan fingerprint density at radius 3 is 2.71 bits per heavy atom. The number of amides is 2. The third kappa shape index (κ3) is 2.55. The van der Waals surface area contributed by atoms with E-state index in [1.54, 1.807) is 6.07 Å². The van der Waals surface area contributed by atoms with Crippen molar-refractivity contribution in [2.24, 2.45) is 0 Å². The lowest BCUT2D eigenvalue weighted by Crippen LogP contribution is -2.46. The van der Waals surface area contributed by atoms with Gasteiger partial charge in [0.25, 0.3) is 5.69 Å². The van der Waals surface area contributed by atoms with Gasteiger partial charge in [0.05, 0.1) is 16.5 Å². The van der Waals surface area contributed by atoms with E-state index in [-0.39, 0.29) is 17.0 Å². The number of aliphatic carboxylic acids is 1. The van der Waals surface area contributed by atoms with Crippen molar-refractivity contribution in [3.05, 3.63) is 51.2 Å². The van der Waals surface area contributed by atoms with Gasteiger partial charge in [-0.15, -0.1) is 0 Å². The predicted octanol–water partition coefficient (Wildman–Crippen LogP) is 1.65. The Labute approximate surface area is 119 Å². The van der Waals surface area contributed by atoms with Gasteiger partial charge in [-0.25, -0.2) is 9.59 Å². The summed E-state index contributed by atoms with van der Waals surface area (Å²) in [6.07, 6.45) is 0. The predicted molar refractivity (Wildman–Crippen MR) is 72.5 cm³/mol. The summed E-state index contributed by atoms with van der Waals surface area (Å²) in [5.41, 5.74) is 0.423. The molecule has 1 unspecified atom stereocenters. The number of nitrogens with zero attached hydrogens (tertiary/aromatic N) is 2. The van der Waals surface area contributed by atoms with Crippen LogP contribution in [0.25, 0.3) is 0 Å². The number of urea groups is 1. The molecule has 1 heterocycles. The second-order valence-corrected chi connectivity index (χ2v) is 4.64. The second kappa shape index (κ2) is 5.23. The summed E-state index contributed by atoms with van der Waals surface area (Å²) in [5, 5.41) is 22.6. The van der Waals surface area contributed by atoms with Crippen LogP contribution in [0.2, 0.25) is 0 Å². The summed E-state index contributed by atoms with van der Waals surface area (Å²) in [7, 11) is 1.44. The van der Waals surface area contributed by atoms with Crippen LogP contribution in [0.1, 0.15) is 18.5 Å². The quantitative estimate of drug-likeness (QED) is 0.649. The molecule has 1 atom stereocenters. The molecular weight excluding hydrogens is 278 g/mol. The van der Waals surface area contributed by atoms with Gasteiger partial charge in [-0.1, -0.05) is 12.1 Å². The first kappa shape index (κ1) is 14.5. The number of nitro groups is 1. The van der Waals surface area contributed by atoms with Crippen LogP contribution >= 0.6 is 0 Å². The summed E-state index contributed by atoms with van der Waals surface area (Å²) in [6.45, 7) is 1.48. The van der Waals surface area contributed by atoms with Crippen molar-refractivity contribution in [3.63, 3.8) is 0 Å². The van der Waals surface area contributed by atoms with Crippen LogP contribution in [0.4, 0.5) is 10.5 Å². The third-order valence-corrected chi connectivity index (χ3v) is 3.31. The molecule has 0 saturated carbocycles. The molecule has 21 heavy (non-hydrogen) atoms. The van der Waals surface area contributed by atoms with E-state index in [0.717, 1.165) is 0 Å². The van der Waals surface area contributed by atoms with Gasteiger partial charge in [0, 0.05) is 24.9 Å². The lowest BCUT2D eigenvalue weighted by molar-refractivity contribution is -0.384. The van der Waals surface area contributed by atoms with Gasteiger partial charge in [-0.05, 0) is 12.5 Å². The van der Waals surface area contributed by atoms with Crippen molar-refractivity contribution >= 4 is 17.7 Å². The number of likely N-dealkylation sites (N-methyl/N-ethyl adjacent to an activating group) is 1. The summed E-state index contributed by atoms with van der Waals surface area (Å²) in [4.78, 5) is 34.8. The van der Waals surface area contributed by atoms with Gasteiger partial charge in [-0.2, -0.15) is 0 Å². The number of carbonyl (C=O) groups excluding carboxylic acids is 1. The molecule has 0 spiro atoms. The van der Waals surface area contributed by atoms with E-state index in [9.17, 15) is 24.8 Å². The van der Waals surface area contributed by atoms with Gasteiger partial charge in [0.15, 0.2) is 0 Å². The van der Waals surface area contributed by atoms with Crippen LogP contribution in [-0.2, 0) is 4.79 Å². The van der Waals surface area contributed by atoms with Gasteiger partial charge < -0.3 is 15.3 Å². The fraction of sp³-hybridized carbons (Fsp3) is 0.231. The van der Waals surface area contributed by atoms with E-state index < -0.39 is 23.0 Å². The highest BCUT2D eigenvalue weighted by Crippen LogP contribution is 2.33. The van der Waals surface area contributed by atoms with Gasteiger partial charge in [-0.3, -0.25) is 10.1 Å². The average Bonchev–Trinajstić information content (AvgIpc) is 2.42. The number of nitrogens with one attached hydrogen (secondary N) is 1. The zero-order valence-electron chi connectivity index (χ0n) is 11.4. The summed E-state index contributed by atoms with van der Waals surface area (Å²) < 4.78 is 0. The van der Waals surface area contributed by atoms with E-state index in [1.807, 2.05) is 0 Å². The Hall–Kier alpha value is -2.90. The number of nitro benzene ring substituents is 1. The number of rotatable bonds is 3. The molecule has 1 aliphatic rings. The third-order valence-electron chi connectivity index (χ3n) is 3.31. The first-order valence-electron chi connectivity index (χ1n) is 6.05. The summed E-state index contributed by atoms with van der Waals surface area (Å²) in [6, 6.07) is 4.26. The van der Waals surface area contributed by atoms with E-state index in [0.29, 0.717) is 5.56 Å². The highest BCUT2D eigenvalue weighted by atomic mass is 16.6. The molecule has 0 aliphatic carbocycles. The fourth-order valence-corrected chi connectivity index (χ4v) is 2.31. The van der Waals surface area contributed by atoms with Crippen LogP contribution in [0.5, 0.6) is 0 Å². The zero-order chi connectivity index (χ0) is 15.7. The minimum atomic E-state index is -1.18. The van der Waals surface area contributed by atoms with Crippen LogP contribution in [0.3, 0.4) is 0 Å². The Bertz CT molecular complexity index is 668. The van der Waals surface area contributed by atoms with Crippen molar-refractivity contribution in [2.45, 2.75) is 13.0 Å². The molecule has 0 saturated heterocycles. The normalized spacial score (nSPS) is 18.5. The molecule has 0 bridgehead atoms. The molecule has 1 aromatic rings. The number of benzene rings is 1. The van der Waals surface area contributed by atoms with Crippen LogP contribution in [-0.4, -0.2) is 34.0 Å². The van der Waals surface area contributed by atoms with Gasteiger partial charge in [0.2, 0.25) is 0 Å². The molecule has 0 fully saturated rings. The lowest BCUT2D eigenvalue weighted by Gasteiger charge is -2.34. The van der Waals surface area contributed by atoms with Gasteiger partial charge >= 0.3 is 12.0 Å². The maximum Gasteiger partial charge on any atom is 0.335 e.